The Hall–Kier alpha value is -2.26. The zero-order valence-electron chi connectivity index (χ0n) is 28.6. The second kappa shape index (κ2) is 11.4. The Balaban J connectivity index is 0.00000217. The summed E-state index contributed by atoms with van der Waals surface area (Å²) in [6.45, 7) is 20.2. The Bertz CT molecular complexity index is 1930. The molecule has 6 heteroatoms. The molecule has 0 heterocycles. The van der Waals surface area contributed by atoms with E-state index < -0.39 is 31.5 Å². The van der Waals surface area contributed by atoms with Gasteiger partial charge in [0.1, 0.15) is 0 Å². The van der Waals surface area contributed by atoms with Crippen molar-refractivity contribution in [1.29, 1.82) is 0 Å². The van der Waals surface area contributed by atoms with Crippen LogP contribution in [0.25, 0.3) is 22.3 Å². The summed E-state index contributed by atoms with van der Waals surface area (Å²) in [6.07, 6.45) is 2.69. The van der Waals surface area contributed by atoms with Gasteiger partial charge in [0.15, 0.2) is 0 Å². The molecule has 0 saturated heterocycles. The summed E-state index contributed by atoms with van der Waals surface area (Å²) in [5, 5.41) is 0. The van der Waals surface area contributed by atoms with E-state index in [4.69, 9.17) is 4.21 Å². The maximum absolute atomic E-state index is 13.8. The van der Waals surface area contributed by atoms with Crippen LogP contribution in [-0.2, 0) is 36.8 Å². The van der Waals surface area contributed by atoms with E-state index in [0.29, 0.717) is 0 Å². The molecule has 245 valence electrons. The van der Waals surface area contributed by atoms with E-state index in [1.165, 1.54) is 82.2 Å². The van der Waals surface area contributed by atoms with Crippen LogP contribution < -0.4 is 28.1 Å². The number of rotatable bonds is 3. The second-order valence-corrected chi connectivity index (χ2v) is 24.2. The minimum absolute atomic E-state index is 0. The molecule has 0 amide bonds. The van der Waals surface area contributed by atoms with Crippen LogP contribution in [0, 0.1) is 5.92 Å². The number of alkyl halides is 3. The molecule has 0 N–H and O–H groups in total. The molecular weight excluding hydrogens is 712 g/mol. The Labute approximate surface area is 294 Å². The van der Waals surface area contributed by atoms with Gasteiger partial charge in [-0.3, -0.25) is 0 Å². The van der Waals surface area contributed by atoms with Crippen molar-refractivity contribution in [2.24, 2.45) is 5.92 Å². The number of hydrogen-bond acceptors (Lipinski definition) is 0. The van der Waals surface area contributed by atoms with E-state index in [1.807, 2.05) is 0 Å². The minimum atomic E-state index is -4.38. The van der Waals surface area contributed by atoms with Crippen LogP contribution in [0.1, 0.15) is 105 Å². The van der Waals surface area contributed by atoms with Gasteiger partial charge >= 0.3 is 272 Å². The van der Waals surface area contributed by atoms with Crippen LogP contribution in [0.5, 0.6) is 0 Å². The summed E-state index contributed by atoms with van der Waals surface area (Å²) in [6, 6.07) is 15.9. The van der Waals surface area contributed by atoms with Gasteiger partial charge in [0.25, 0.3) is 0 Å². The van der Waals surface area contributed by atoms with E-state index in [1.54, 1.807) is 12.1 Å². The first-order valence-corrected chi connectivity index (χ1v) is 21.7. The fraction of sp³-hybridized carbons (Fsp3) is 0.341. The molecule has 0 aliphatic heterocycles. The van der Waals surface area contributed by atoms with Gasteiger partial charge in [-0.15, -0.1) is 0 Å². The fourth-order valence-corrected chi connectivity index (χ4v) is 21.6. The van der Waals surface area contributed by atoms with Crippen LogP contribution >= 0.6 is 0 Å². The summed E-state index contributed by atoms with van der Waals surface area (Å²) < 4.78 is 49.2. The summed E-state index contributed by atoms with van der Waals surface area (Å²) in [5.41, 5.74) is 14.8. The summed E-state index contributed by atoms with van der Waals surface area (Å²) >= 11 is -4.14. The average Bonchev–Trinajstić information content (AvgIpc) is 3.56. The predicted octanol–water partition coefficient (Wildman–Crippen LogP) is 4.95. The maximum Gasteiger partial charge on any atom is -1.00 e. The molecule has 47 heavy (non-hydrogen) atoms. The van der Waals surface area contributed by atoms with Crippen molar-refractivity contribution in [3.63, 3.8) is 0 Å². The smallest absolute Gasteiger partial charge is 1.00 e. The summed E-state index contributed by atoms with van der Waals surface area (Å²) in [5.74, 6) is 0.192. The molecule has 0 aromatic heterocycles. The van der Waals surface area contributed by atoms with Gasteiger partial charge in [0.2, 0.25) is 0 Å². The van der Waals surface area contributed by atoms with Gasteiger partial charge < -0.3 is 24.8 Å². The Morgan fingerprint density at radius 3 is 1.51 bits per heavy atom. The SMILES string of the molecule is [CH2]=[Zr+2]([C]1=C(C)C(C)=CC1C)([c]1ccc(C(F)(F)F)cc1)[CH]1c2cc3c(cc2-c2cc4c(cc21)C(C)(C)C=C4C)C(C)=CC3(C)C.[Cl-].[Cl-]. The van der Waals surface area contributed by atoms with E-state index >= 15 is 0 Å². The number of benzene rings is 3. The van der Waals surface area contributed by atoms with Crippen molar-refractivity contribution in [2.45, 2.75) is 82.9 Å². The number of allylic oxidation sites excluding steroid dienone is 8. The van der Waals surface area contributed by atoms with Crippen LogP contribution in [0.4, 0.5) is 13.2 Å². The van der Waals surface area contributed by atoms with Crippen molar-refractivity contribution in [2.75, 3.05) is 0 Å². The van der Waals surface area contributed by atoms with Gasteiger partial charge in [0, 0.05) is 0 Å². The van der Waals surface area contributed by atoms with Gasteiger partial charge in [0.05, 0.1) is 0 Å². The summed E-state index contributed by atoms with van der Waals surface area (Å²) in [7, 11) is 0. The van der Waals surface area contributed by atoms with E-state index in [0.717, 1.165) is 3.27 Å². The number of fused-ring (bicyclic) bond motifs is 5. The minimum Gasteiger partial charge on any atom is -1.00 e. The Kier molecular flexibility index (Phi) is 8.74. The molecule has 7 rings (SSSR count). The Morgan fingerprint density at radius 1 is 0.681 bits per heavy atom. The van der Waals surface area contributed by atoms with Gasteiger partial charge in [-0.25, -0.2) is 0 Å². The number of hydrogen-bond donors (Lipinski definition) is 0. The van der Waals surface area contributed by atoms with Gasteiger partial charge in [-0.05, 0) is 0 Å². The molecule has 0 fully saturated rings. The molecule has 0 nitrogen and oxygen atoms in total. The normalized spacial score (nSPS) is 20.8. The molecule has 0 saturated carbocycles. The molecule has 3 aromatic carbocycles. The second-order valence-electron chi connectivity index (χ2n) is 15.2. The van der Waals surface area contributed by atoms with E-state index in [2.05, 4.69) is 105 Å². The van der Waals surface area contributed by atoms with Crippen molar-refractivity contribution in [1.82, 2.24) is 0 Å². The summed E-state index contributed by atoms with van der Waals surface area (Å²) in [4.78, 5) is 0. The quantitative estimate of drug-likeness (QED) is 0.356. The standard InChI is InChI=1S/C25H25.C8H11.C7H4F3.CH2.2ClH.Zr/c1-14-12-24(3,4)22-8-16-7-17-9-23-19(15(2)13-25(23,5)6)11-21(17)20(16)10-18(14)22;1-6-4-7(2)8(3)5-6;8-7(9,10)6-4-2-1-3-5-6;;;;/h7-13H,1-6H3;4,6H,1-3H3;2-5H;1H2;2*1H;/q;;;;;;+2/p-2. The third kappa shape index (κ3) is 5.14. The number of halogens is 5. The van der Waals surface area contributed by atoms with Crippen molar-refractivity contribution in [3.8, 4) is 11.1 Å². The van der Waals surface area contributed by atoms with Crippen molar-refractivity contribution < 1.29 is 57.8 Å². The van der Waals surface area contributed by atoms with Crippen molar-refractivity contribution >= 4 is 18.6 Å². The van der Waals surface area contributed by atoms with Gasteiger partial charge in [-0.1, -0.05) is 0 Å². The predicted molar refractivity (Wildman–Crippen MR) is 181 cm³/mol. The zero-order chi connectivity index (χ0) is 32.6. The molecule has 0 radical (unpaired) electrons. The zero-order valence-corrected chi connectivity index (χ0v) is 32.6. The fourth-order valence-electron chi connectivity index (χ4n) is 9.30. The van der Waals surface area contributed by atoms with E-state index in [9.17, 15) is 13.2 Å². The molecule has 0 spiro atoms. The monoisotopic (exact) mass is 751 g/mol. The molecule has 4 aliphatic rings. The van der Waals surface area contributed by atoms with Crippen LogP contribution in [0.3, 0.4) is 0 Å². The average molecular weight is 754 g/mol. The molecule has 4 aliphatic carbocycles. The molecular formula is C41H42Cl2F3Zr. The largest absolute Gasteiger partial charge is 1.00 e. The Morgan fingerprint density at radius 2 is 1.13 bits per heavy atom. The molecule has 3 aromatic rings. The van der Waals surface area contributed by atoms with Crippen LogP contribution in [0.15, 0.2) is 81.2 Å². The van der Waals surface area contributed by atoms with Crippen LogP contribution in [0.2, 0.25) is 0 Å². The maximum atomic E-state index is 13.8. The third-order valence-corrected chi connectivity index (χ3v) is 23.0. The van der Waals surface area contributed by atoms with Crippen LogP contribution in [-0.4, -0.2) is 4.21 Å². The topological polar surface area (TPSA) is 0 Å². The first-order valence-electron chi connectivity index (χ1n) is 16.1. The first kappa shape index (κ1) is 36.0. The van der Waals surface area contributed by atoms with Gasteiger partial charge in [-0.2, -0.15) is 0 Å². The van der Waals surface area contributed by atoms with E-state index in [-0.39, 0.29) is 45.2 Å². The molecule has 2 atom stereocenters. The third-order valence-electron chi connectivity index (χ3n) is 11.3. The molecule has 2 unspecified atom stereocenters. The van der Waals surface area contributed by atoms with Crippen molar-refractivity contribution in [3.05, 3.63) is 120 Å². The first-order chi connectivity index (χ1) is 20.9. The molecule has 0 bridgehead atoms.